The van der Waals surface area contributed by atoms with Gasteiger partial charge in [-0.2, -0.15) is 0 Å². The van der Waals surface area contributed by atoms with Crippen LogP contribution < -0.4 is 5.32 Å². The average Bonchev–Trinajstić information content (AvgIpc) is 3.29. The maximum absolute atomic E-state index is 13.0. The number of anilines is 1. The molecule has 2 aliphatic heterocycles. The summed E-state index contributed by atoms with van der Waals surface area (Å²) in [5.74, 6) is 0.0439. The van der Waals surface area contributed by atoms with Crippen LogP contribution in [0.2, 0.25) is 0 Å². The van der Waals surface area contributed by atoms with Crippen molar-refractivity contribution in [2.75, 3.05) is 18.5 Å². The zero-order valence-corrected chi connectivity index (χ0v) is 14.6. The Morgan fingerprint density at radius 3 is 2.96 bits per heavy atom. The van der Waals surface area contributed by atoms with Crippen molar-refractivity contribution in [3.05, 3.63) is 48.2 Å². The predicted octanol–water partition coefficient (Wildman–Crippen LogP) is 2.24. The second kappa shape index (κ2) is 6.92. The van der Waals surface area contributed by atoms with Gasteiger partial charge in [-0.25, -0.2) is 0 Å². The van der Waals surface area contributed by atoms with Gasteiger partial charge in [-0.15, -0.1) is 0 Å². The lowest BCUT2D eigenvalue weighted by atomic mass is 9.88. The lowest BCUT2D eigenvalue weighted by Gasteiger charge is -2.40. The minimum Gasteiger partial charge on any atom is -0.469 e. The van der Waals surface area contributed by atoms with Gasteiger partial charge in [-0.1, -0.05) is 0 Å². The summed E-state index contributed by atoms with van der Waals surface area (Å²) in [7, 11) is 0. The van der Waals surface area contributed by atoms with Crippen molar-refractivity contribution in [2.24, 2.45) is 5.92 Å². The van der Waals surface area contributed by atoms with Crippen molar-refractivity contribution in [2.45, 2.75) is 31.9 Å². The molecular weight excluding hydrogens is 334 g/mol. The van der Waals surface area contributed by atoms with E-state index in [0.29, 0.717) is 36.6 Å². The first kappa shape index (κ1) is 16.8. The van der Waals surface area contributed by atoms with Crippen LogP contribution >= 0.6 is 0 Å². The average molecular weight is 355 g/mol. The molecule has 0 aromatic carbocycles. The highest BCUT2D eigenvalue weighted by Crippen LogP contribution is 2.33. The third kappa shape index (κ3) is 3.10. The molecule has 1 N–H and O–H groups in total. The number of hydrogen-bond acceptors (Lipinski definition) is 5. The van der Waals surface area contributed by atoms with Crippen molar-refractivity contribution >= 4 is 17.5 Å². The molecule has 0 unspecified atom stereocenters. The minimum absolute atomic E-state index is 0.0132. The normalized spacial score (nSPS) is 25.0. The van der Waals surface area contributed by atoms with Crippen LogP contribution in [0.3, 0.4) is 0 Å². The van der Waals surface area contributed by atoms with E-state index in [0.717, 1.165) is 6.42 Å². The number of likely N-dealkylation sites (tertiary alicyclic amines) is 1. The molecule has 2 saturated heterocycles. The summed E-state index contributed by atoms with van der Waals surface area (Å²) in [5, 5.41) is 2.88. The van der Waals surface area contributed by atoms with Gasteiger partial charge in [0.05, 0.1) is 41.8 Å². The number of rotatable bonds is 3. The molecule has 26 heavy (non-hydrogen) atoms. The summed E-state index contributed by atoms with van der Waals surface area (Å²) < 4.78 is 11.1. The van der Waals surface area contributed by atoms with Gasteiger partial charge < -0.3 is 19.4 Å². The molecule has 7 nitrogen and oxygen atoms in total. The molecule has 4 heterocycles. The molecule has 2 fully saturated rings. The summed E-state index contributed by atoms with van der Waals surface area (Å²) in [4.78, 5) is 31.5. The Morgan fingerprint density at radius 2 is 2.23 bits per heavy atom. The number of carbonyl (C=O) groups is 2. The Balaban J connectivity index is 1.53. The molecule has 2 aliphatic rings. The molecule has 0 aliphatic carbocycles. The zero-order valence-electron chi connectivity index (χ0n) is 14.6. The number of furan rings is 1. The van der Waals surface area contributed by atoms with Crippen LogP contribution in [-0.4, -0.2) is 47.0 Å². The highest BCUT2D eigenvalue weighted by molar-refractivity contribution is 5.97. The molecule has 3 atom stereocenters. The van der Waals surface area contributed by atoms with Crippen LogP contribution in [-0.2, 0) is 9.53 Å². The van der Waals surface area contributed by atoms with Gasteiger partial charge in [-0.3, -0.25) is 14.6 Å². The van der Waals surface area contributed by atoms with Crippen LogP contribution in [0.25, 0.3) is 0 Å². The molecule has 2 amide bonds. The summed E-state index contributed by atoms with van der Waals surface area (Å²) >= 11 is 0. The third-order valence-electron chi connectivity index (χ3n) is 5.16. The van der Waals surface area contributed by atoms with E-state index in [4.69, 9.17) is 9.15 Å². The summed E-state index contributed by atoms with van der Waals surface area (Å²) in [5.41, 5.74) is 1.19. The van der Waals surface area contributed by atoms with Crippen LogP contribution in [0.1, 0.15) is 29.0 Å². The number of nitrogens with zero attached hydrogens (tertiary/aromatic N) is 2. The van der Waals surface area contributed by atoms with Crippen molar-refractivity contribution in [3.63, 3.8) is 0 Å². The molecule has 0 spiro atoms. The van der Waals surface area contributed by atoms with E-state index in [1.807, 2.05) is 0 Å². The Bertz CT molecular complexity index is 804. The van der Waals surface area contributed by atoms with E-state index in [-0.39, 0.29) is 29.9 Å². The monoisotopic (exact) mass is 355 g/mol. The molecule has 7 heteroatoms. The highest BCUT2D eigenvalue weighted by atomic mass is 16.5. The van der Waals surface area contributed by atoms with Crippen LogP contribution in [0.5, 0.6) is 0 Å². The second-order valence-electron chi connectivity index (χ2n) is 6.78. The first-order valence-electron chi connectivity index (χ1n) is 8.81. The van der Waals surface area contributed by atoms with Gasteiger partial charge >= 0.3 is 0 Å². The standard InChI is InChI=1S/C19H21N3O4/c1-12-15(4-7-25-12)19(24)22-11-13(9-17-16(22)5-8-26-17)18(23)21-14-3-2-6-20-10-14/h2-4,6-7,10,13,16-17H,5,8-9,11H2,1H3,(H,21,23)/t13-,16+,17+/m0/s1. The van der Waals surface area contributed by atoms with E-state index < -0.39 is 0 Å². The fourth-order valence-corrected chi connectivity index (χ4v) is 3.81. The lowest BCUT2D eigenvalue weighted by molar-refractivity contribution is -0.123. The van der Waals surface area contributed by atoms with Gasteiger partial charge in [0.1, 0.15) is 5.76 Å². The fourth-order valence-electron chi connectivity index (χ4n) is 3.81. The Hall–Kier alpha value is -2.67. The number of aromatic nitrogens is 1. The van der Waals surface area contributed by atoms with Gasteiger partial charge in [0.15, 0.2) is 0 Å². The second-order valence-corrected chi connectivity index (χ2v) is 6.78. The quantitative estimate of drug-likeness (QED) is 0.913. The first-order valence-corrected chi connectivity index (χ1v) is 8.81. The molecule has 0 radical (unpaired) electrons. The van der Waals surface area contributed by atoms with Crippen LogP contribution in [0.4, 0.5) is 5.69 Å². The molecule has 0 bridgehead atoms. The number of hydrogen-bond donors (Lipinski definition) is 1. The maximum atomic E-state index is 13.0. The number of ether oxygens (including phenoxy) is 1. The van der Waals surface area contributed by atoms with E-state index >= 15 is 0 Å². The number of nitrogens with one attached hydrogen (secondary N) is 1. The van der Waals surface area contributed by atoms with Crippen molar-refractivity contribution in [3.8, 4) is 0 Å². The van der Waals surface area contributed by atoms with Crippen molar-refractivity contribution in [1.29, 1.82) is 0 Å². The predicted molar refractivity (Wildman–Crippen MR) is 93.6 cm³/mol. The first-order chi connectivity index (χ1) is 12.6. The SMILES string of the molecule is Cc1occc1C(=O)N1C[C@@H](C(=O)Nc2cccnc2)C[C@H]2OCC[C@H]21. The molecule has 2 aromatic rings. The largest absolute Gasteiger partial charge is 0.469 e. The van der Waals surface area contributed by atoms with Gasteiger partial charge in [0.25, 0.3) is 5.91 Å². The number of amides is 2. The molecular formula is C19H21N3O4. The number of piperidine rings is 1. The maximum Gasteiger partial charge on any atom is 0.257 e. The van der Waals surface area contributed by atoms with Crippen LogP contribution in [0.15, 0.2) is 41.3 Å². The van der Waals surface area contributed by atoms with E-state index in [2.05, 4.69) is 10.3 Å². The van der Waals surface area contributed by atoms with E-state index in [1.54, 1.807) is 42.4 Å². The zero-order chi connectivity index (χ0) is 18.1. The molecule has 4 rings (SSSR count). The van der Waals surface area contributed by atoms with Gasteiger partial charge in [0, 0.05) is 19.3 Å². The van der Waals surface area contributed by atoms with Crippen LogP contribution in [0, 0.1) is 12.8 Å². The number of aryl methyl sites for hydroxylation is 1. The summed E-state index contributed by atoms with van der Waals surface area (Å²) in [6, 6.07) is 5.26. The summed E-state index contributed by atoms with van der Waals surface area (Å²) in [6.45, 7) is 2.76. The molecule has 2 aromatic heterocycles. The lowest BCUT2D eigenvalue weighted by Crippen LogP contribution is -2.54. The van der Waals surface area contributed by atoms with E-state index in [1.165, 1.54) is 6.26 Å². The number of fused-ring (bicyclic) bond motifs is 1. The van der Waals surface area contributed by atoms with Crippen molar-refractivity contribution < 1.29 is 18.7 Å². The third-order valence-corrected chi connectivity index (χ3v) is 5.16. The highest BCUT2D eigenvalue weighted by Gasteiger charge is 2.44. The Kier molecular flexibility index (Phi) is 4.46. The molecule has 0 saturated carbocycles. The summed E-state index contributed by atoms with van der Waals surface area (Å²) in [6.07, 6.45) is 6.08. The van der Waals surface area contributed by atoms with Gasteiger partial charge in [0.2, 0.25) is 5.91 Å². The Morgan fingerprint density at radius 1 is 1.35 bits per heavy atom. The Labute approximate surface area is 151 Å². The number of pyridine rings is 1. The topological polar surface area (TPSA) is 84.7 Å². The fraction of sp³-hybridized carbons (Fsp3) is 0.421. The smallest absolute Gasteiger partial charge is 0.257 e. The molecule has 136 valence electrons. The minimum atomic E-state index is -0.328. The number of carbonyl (C=O) groups excluding carboxylic acids is 2. The van der Waals surface area contributed by atoms with Gasteiger partial charge in [-0.05, 0) is 38.0 Å². The van der Waals surface area contributed by atoms with Crippen molar-refractivity contribution in [1.82, 2.24) is 9.88 Å². The van der Waals surface area contributed by atoms with E-state index in [9.17, 15) is 9.59 Å².